The molecular formula is C18H16F3N5O5S. The van der Waals surface area contributed by atoms with E-state index in [2.05, 4.69) is 10.3 Å². The number of pyridine rings is 1. The van der Waals surface area contributed by atoms with Crippen molar-refractivity contribution in [1.82, 2.24) is 14.1 Å². The Balaban J connectivity index is 1.99. The number of primary amides is 1. The van der Waals surface area contributed by atoms with Crippen LogP contribution in [0, 0.1) is 6.92 Å². The van der Waals surface area contributed by atoms with Crippen molar-refractivity contribution in [3.05, 3.63) is 64.3 Å². The van der Waals surface area contributed by atoms with Gasteiger partial charge in [-0.1, -0.05) is 0 Å². The average molecular weight is 471 g/mol. The zero-order valence-corrected chi connectivity index (χ0v) is 17.1. The fourth-order valence-electron chi connectivity index (χ4n) is 2.91. The summed E-state index contributed by atoms with van der Waals surface area (Å²) in [6.45, 7) is 1.40. The number of sulfone groups is 1. The Labute approximate surface area is 178 Å². The second-order valence-electron chi connectivity index (χ2n) is 6.59. The molecule has 0 aliphatic heterocycles. The van der Waals surface area contributed by atoms with Gasteiger partial charge in [0.05, 0.1) is 22.8 Å². The highest BCUT2D eigenvalue weighted by molar-refractivity contribution is 7.92. The molecule has 32 heavy (non-hydrogen) atoms. The van der Waals surface area contributed by atoms with Crippen LogP contribution < -0.4 is 16.7 Å². The Morgan fingerprint density at radius 1 is 1.22 bits per heavy atom. The minimum atomic E-state index is -5.55. The molecule has 2 heterocycles. The van der Waals surface area contributed by atoms with Crippen molar-refractivity contribution in [2.45, 2.75) is 23.9 Å². The van der Waals surface area contributed by atoms with Gasteiger partial charge in [-0.15, -0.1) is 0 Å². The van der Waals surface area contributed by atoms with E-state index in [1.807, 2.05) is 0 Å². The number of imidazole rings is 1. The highest BCUT2D eigenvalue weighted by atomic mass is 32.2. The number of urea groups is 1. The number of nitrogens with two attached hydrogens (primary N) is 1. The Bertz CT molecular complexity index is 1340. The Hall–Kier alpha value is -3.81. The predicted octanol–water partition coefficient (Wildman–Crippen LogP) is 1.88. The number of aromatic hydroxyl groups is 1. The highest BCUT2D eigenvalue weighted by Crippen LogP contribution is 2.31. The van der Waals surface area contributed by atoms with Crippen molar-refractivity contribution in [1.29, 1.82) is 0 Å². The van der Waals surface area contributed by atoms with Crippen molar-refractivity contribution < 1.29 is 31.5 Å². The fourth-order valence-corrected chi connectivity index (χ4v) is 3.68. The van der Waals surface area contributed by atoms with Crippen LogP contribution in [0.15, 0.2) is 52.3 Å². The van der Waals surface area contributed by atoms with Gasteiger partial charge in [0.1, 0.15) is 5.82 Å². The molecule has 0 saturated heterocycles. The topological polar surface area (TPSA) is 149 Å². The first-order chi connectivity index (χ1) is 14.8. The zero-order valence-electron chi connectivity index (χ0n) is 16.3. The number of hydrogen-bond acceptors (Lipinski definition) is 6. The maximum absolute atomic E-state index is 12.9. The number of hydrogen-bond donors (Lipinski definition) is 3. The van der Waals surface area contributed by atoms with Crippen molar-refractivity contribution in [3.8, 4) is 11.6 Å². The quantitative estimate of drug-likeness (QED) is 0.517. The van der Waals surface area contributed by atoms with Gasteiger partial charge in [0.15, 0.2) is 0 Å². The number of anilines is 1. The lowest BCUT2D eigenvalue weighted by atomic mass is 10.2. The SMILES string of the molecule is Cc1c(O)n(-c2ccc(S(=O)(=O)C(F)(F)F)cc2)c(=O)n1Cc1ccnc(NC(N)=O)c1. The standard InChI is InChI=1S/C18H16F3N5O5S/c1-10-15(27)26(12-2-4-13(5-3-12)32(30,31)18(19,20)21)17(29)25(10)9-11-6-7-23-14(8-11)24-16(22)28/h2-8,27H,9H2,1H3,(H3,22,23,24,28). The molecule has 0 aliphatic rings. The Morgan fingerprint density at radius 3 is 2.41 bits per heavy atom. The second-order valence-corrected chi connectivity index (χ2v) is 8.54. The molecule has 0 saturated carbocycles. The molecule has 3 rings (SSSR count). The molecule has 0 bridgehead atoms. The van der Waals surface area contributed by atoms with Crippen LogP contribution in [0.3, 0.4) is 0 Å². The zero-order chi connectivity index (χ0) is 23.8. The lowest BCUT2D eigenvalue weighted by Gasteiger charge is -2.09. The van der Waals surface area contributed by atoms with Gasteiger partial charge in [0.2, 0.25) is 5.88 Å². The van der Waals surface area contributed by atoms with Crippen LogP contribution in [0.5, 0.6) is 5.88 Å². The number of amides is 2. The van der Waals surface area contributed by atoms with E-state index in [0.29, 0.717) is 17.7 Å². The van der Waals surface area contributed by atoms with Crippen LogP contribution in [0.2, 0.25) is 0 Å². The summed E-state index contributed by atoms with van der Waals surface area (Å²) in [6, 6.07) is 5.53. The summed E-state index contributed by atoms with van der Waals surface area (Å²) < 4.78 is 63.1. The van der Waals surface area contributed by atoms with Gasteiger partial charge in [0, 0.05) is 6.20 Å². The lowest BCUT2D eigenvalue weighted by Crippen LogP contribution is -2.25. The predicted molar refractivity (Wildman–Crippen MR) is 106 cm³/mol. The van der Waals surface area contributed by atoms with E-state index in [4.69, 9.17) is 5.73 Å². The third-order valence-corrected chi connectivity index (χ3v) is 5.99. The summed E-state index contributed by atoms with van der Waals surface area (Å²) in [5, 5.41) is 12.7. The van der Waals surface area contributed by atoms with Gasteiger partial charge in [-0.3, -0.25) is 9.88 Å². The number of nitrogens with one attached hydrogen (secondary N) is 1. The maximum Gasteiger partial charge on any atom is 0.501 e. The van der Waals surface area contributed by atoms with Gasteiger partial charge in [-0.25, -0.2) is 27.6 Å². The van der Waals surface area contributed by atoms with Crippen LogP contribution in [0.1, 0.15) is 11.3 Å². The first-order valence-electron chi connectivity index (χ1n) is 8.77. The second kappa shape index (κ2) is 8.03. The van der Waals surface area contributed by atoms with Crippen LogP contribution in [0.25, 0.3) is 5.69 Å². The molecule has 4 N–H and O–H groups in total. The molecule has 0 spiro atoms. The third kappa shape index (κ3) is 4.16. The minimum Gasteiger partial charge on any atom is -0.493 e. The molecule has 0 fully saturated rings. The van der Waals surface area contributed by atoms with Gasteiger partial charge in [0.25, 0.3) is 9.84 Å². The van der Waals surface area contributed by atoms with Crippen molar-refractivity contribution in [3.63, 3.8) is 0 Å². The van der Waals surface area contributed by atoms with Crippen molar-refractivity contribution in [2.24, 2.45) is 5.73 Å². The number of carbonyl (C=O) groups is 1. The van der Waals surface area contributed by atoms with E-state index in [1.54, 1.807) is 6.07 Å². The number of nitrogens with zero attached hydrogens (tertiary/aromatic N) is 3. The lowest BCUT2D eigenvalue weighted by molar-refractivity contribution is -0.0436. The van der Waals surface area contributed by atoms with Gasteiger partial charge >= 0.3 is 17.2 Å². The van der Waals surface area contributed by atoms with Crippen molar-refractivity contribution in [2.75, 3.05) is 5.32 Å². The molecule has 2 amide bonds. The molecule has 14 heteroatoms. The first kappa shape index (κ1) is 22.9. The number of halogens is 3. The summed E-state index contributed by atoms with van der Waals surface area (Å²) in [4.78, 5) is 26.8. The summed E-state index contributed by atoms with van der Waals surface area (Å²) in [5.74, 6) is -0.336. The third-order valence-electron chi connectivity index (χ3n) is 4.49. The number of rotatable bonds is 5. The number of alkyl halides is 3. The maximum atomic E-state index is 12.9. The van der Waals surface area contributed by atoms with Crippen LogP contribution in [-0.2, 0) is 16.4 Å². The van der Waals surface area contributed by atoms with E-state index in [9.17, 15) is 36.3 Å². The molecule has 3 aromatic rings. The average Bonchev–Trinajstić information content (AvgIpc) is 2.90. The fraction of sp³-hybridized carbons (Fsp3) is 0.167. The molecule has 0 unspecified atom stereocenters. The van der Waals surface area contributed by atoms with Gasteiger partial charge in [-0.05, 0) is 48.9 Å². The van der Waals surface area contributed by atoms with Crippen LogP contribution in [-0.4, -0.2) is 39.2 Å². The van der Waals surface area contributed by atoms with Crippen LogP contribution >= 0.6 is 0 Å². The Morgan fingerprint density at radius 2 is 1.84 bits per heavy atom. The van der Waals surface area contributed by atoms with Gasteiger partial charge in [-0.2, -0.15) is 13.2 Å². The first-order valence-corrected chi connectivity index (χ1v) is 10.3. The monoisotopic (exact) mass is 471 g/mol. The molecule has 2 aromatic heterocycles. The normalized spacial score (nSPS) is 12.0. The van der Waals surface area contributed by atoms with Crippen LogP contribution in [0.4, 0.5) is 23.8 Å². The molecule has 170 valence electrons. The van der Waals surface area contributed by atoms with E-state index >= 15 is 0 Å². The number of aromatic nitrogens is 3. The molecular weight excluding hydrogens is 455 g/mol. The highest BCUT2D eigenvalue weighted by Gasteiger charge is 2.46. The van der Waals surface area contributed by atoms with E-state index in [-0.39, 0.29) is 23.7 Å². The summed E-state index contributed by atoms with van der Waals surface area (Å²) in [6.07, 6.45) is 1.37. The van der Waals surface area contributed by atoms with E-state index in [0.717, 1.165) is 16.7 Å². The molecule has 0 radical (unpaired) electrons. The smallest absolute Gasteiger partial charge is 0.493 e. The number of benzene rings is 1. The van der Waals surface area contributed by atoms with Crippen molar-refractivity contribution >= 4 is 21.7 Å². The minimum absolute atomic E-state index is 0.0400. The Kier molecular flexibility index (Phi) is 5.74. The molecule has 10 nitrogen and oxygen atoms in total. The summed E-state index contributed by atoms with van der Waals surface area (Å²) in [5.41, 5.74) is -0.532. The number of carbonyl (C=O) groups excluding carboxylic acids is 1. The van der Waals surface area contributed by atoms with Gasteiger partial charge < -0.3 is 10.8 Å². The molecule has 0 aliphatic carbocycles. The molecule has 1 aromatic carbocycles. The largest absolute Gasteiger partial charge is 0.501 e. The summed E-state index contributed by atoms with van der Waals surface area (Å²) in [7, 11) is -5.55. The van der Waals surface area contributed by atoms with E-state index in [1.165, 1.54) is 23.8 Å². The summed E-state index contributed by atoms with van der Waals surface area (Å²) >= 11 is 0. The molecule has 0 atom stereocenters. The van der Waals surface area contributed by atoms with E-state index < -0.39 is 37.8 Å².